The molecule has 0 radical (unpaired) electrons. The van der Waals surface area contributed by atoms with Crippen molar-refractivity contribution in [1.29, 1.82) is 0 Å². The van der Waals surface area contributed by atoms with Gasteiger partial charge in [0.1, 0.15) is 89.9 Å². The molecule has 0 spiro atoms. The van der Waals surface area contributed by atoms with E-state index in [4.69, 9.17) is 73.4 Å². The van der Waals surface area contributed by atoms with E-state index in [1.165, 1.54) is 74.8 Å². The molecule has 3 aromatic carbocycles. The highest BCUT2D eigenvalue weighted by Gasteiger charge is 2.58. The van der Waals surface area contributed by atoms with Crippen LogP contribution in [0.25, 0.3) is 33.5 Å². The topological polar surface area (TPSA) is 580 Å². The van der Waals surface area contributed by atoms with E-state index in [9.17, 15) is 58.7 Å². The van der Waals surface area contributed by atoms with Gasteiger partial charge in [-0.05, 0) is 77.5 Å². The van der Waals surface area contributed by atoms with Crippen molar-refractivity contribution < 1.29 is 115 Å². The number of fused-ring (bicyclic) bond motifs is 3. The maximum Gasteiger partial charge on any atom is 0.327 e. The molecule has 21 atom stereocenters. The number of benzene rings is 3. The van der Waals surface area contributed by atoms with E-state index < -0.39 is 147 Å². The van der Waals surface area contributed by atoms with Gasteiger partial charge in [0.2, 0.25) is 35.5 Å². The first-order chi connectivity index (χ1) is 57.1. The Kier molecular flexibility index (Phi) is 27.6. The van der Waals surface area contributed by atoms with Crippen LogP contribution in [0.2, 0.25) is 0 Å². The molecule has 9 aromatic rings. The van der Waals surface area contributed by atoms with Crippen LogP contribution in [0.1, 0.15) is 114 Å². The van der Waals surface area contributed by atoms with E-state index in [1.807, 2.05) is 91.0 Å². The molecule has 6 aliphatic rings. The Morgan fingerprint density at radius 3 is 0.950 bits per heavy atom. The Morgan fingerprint density at radius 2 is 0.708 bits per heavy atom. The van der Waals surface area contributed by atoms with Crippen LogP contribution in [0.15, 0.2) is 110 Å². The number of rotatable bonds is 24. The number of esters is 3. The predicted molar refractivity (Wildman–Crippen MR) is 436 cm³/mol. The fourth-order valence-electron chi connectivity index (χ4n) is 13.9. The van der Waals surface area contributed by atoms with Crippen molar-refractivity contribution in [2.75, 3.05) is 75.6 Å². The minimum absolute atomic E-state index is 0.0751. The largest absolute Gasteiger partial charge is 0.479 e. The van der Waals surface area contributed by atoms with Gasteiger partial charge in [-0.2, -0.15) is 29.9 Å². The van der Waals surface area contributed by atoms with Gasteiger partial charge < -0.3 is 104 Å². The van der Waals surface area contributed by atoms with E-state index in [1.54, 1.807) is 20.8 Å². The number of hydrogen-bond acceptors (Lipinski definition) is 39. The second-order valence-corrected chi connectivity index (χ2v) is 42.3. The first-order valence-corrected chi connectivity index (χ1v) is 47.3. The first kappa shape index (κ1) is 89.4. The van der Waals surface area contributed by atoms with Gasteiger partial charge in [0.05, 0.1) is 60.1 Å². The summed E-state index contributed by atoms with van der Waals surface area (Å²) in [5.74, 6) is -0.237. The van der Waals surface area contributed by atoms with Gasteiger partial charge in [0, 0.05) is 17.3 Å². The van der Waals surface area contributed by atoms with Gasteiger partial charge in [-0.15, -0.1) is 0 Å². The van der Waals surface area contributed by atoms with Crippen LogP contribution in [-0.4, -0.2) is 237 Å². The third-order valence-corrected chi connectivity index (χ3v) is 32.8. The van der Waals surface area contributed by atoms with Crippen LogP contribution in [0, 0.1) is 0 Å². The number of imidazole rings is 3. The quantitative estimate of drug-likeness (QED) is 0.0192. The second-order valence-electron chi connectivity index (χ2n) is 29.1. The Balaban J connectivity index is 0.000000156. The van der Waals surface area contributed by atoms with E-state index in [2.05, 4.69) is 60.1 Å². The summed E-state index contributed by atoms with van der Waals surface area (Å²) in [6.45, 7) is -2.24. The summed E-state index contributed by atoms with van der Waals surface area (Å²) in [6.07, 6.45) is -7.06. The summed E-state index contributed by atoms with van der Waals surface area (Å²) in [5, 5.41) is 74.6. The van der Waals surface area contributed by atoms with Crippen LogP contribution in [0.4, 0.5) is 17.8 Å². The molecule has 15 N–H and O–H groups in total. The molecule has 42 nitrogen and oxygen atoms in total. The number of hydrogen-bond donors (Lipinski definition) is 12. The Bertz CT molecular complexity index is 4780. The first-order valence-electron chi connectivity index (χ1n) is 37.6. The molecule has 6 aliphatic heterocycles. The molecule has 0 amide bonds. The molecular weight excluding hydrogens is 1690 g/mol. The maximum atomic E-state index is 13.5. The normalized spacial score (nSPS) is 31.2. The lowest BCUT2D eigenvalue weighted by molar-refractivity contribution is -0.151. The number of ether oxygens (including phenoxy) is 9. The Labute approximate surface area is 697 Å². The van der Waals surface area contributed by atoms with Crippen molar-refractivity contribution in [1.82, 2.24) is 73.8 Å². The number of aliphatic hydroxyl groups is 6. The number of methoxy groups -OCH3 is 3. The van der Waals surface area contributed by atoms with Gasteiger partial charge in [-0.3, -0.25) is 41.8 Å². The molecule has 6 fully saturated rings. The summed E-state index contributed by atoms with van der Waals surface area (Å²) in [6, 6.07) is 25.4. The van der Waals surface area contributed by atoms with E-state index in [0.717, 1.165) is 50.8 Å². The fourth-order valence-corrected chi connectivity index (χ4v) is 25.4. The number of nitrogen functional groups attached to an aromatic ring is 3. The van der Waals surface area contributed by atoms with Crippen molar-refractivity contribution in [3.8, 4) is 17.6 Å². The van der Waals surface area contributed by atoms with Crippen molar-refractivity contribution in [2.45, 2.75) is 169 Å². The van der Waals surface area contributed by atoms with Gasteiger partial charge in [0.15, 0.2) is 52.2 Å². The average Bonchev–Trinajstić information content (AvgIpc) is 1.60. The van der Waals surface area contributed by atoms with Crippen LogP contribution < -0.4 is 46.7 Å². The SMILES string of the molecule is COc1nc(N)nc2c1ncn2[C@@H]1OC(COP2(=O)N[C@@H](C(=O)O[C@@H](C)c3ccccc3)CCS2)[C@@H](O)[C@@]1(C)O.COc1nc(N)nc2c1ncn2[C@@H]1OC(CO[P@@]2(=O)N[C@@H](C(=O)O[C@@H](C)c3ccccc3)CCS2)[C@@H](O)[C@@]1(C)O.COc1nc(N)nc2c1ncn2[C@@H]1OC(CO[P@]2(=O)N[C@@H](C(=O)O[C@H](C)c3ccccc3)CCS2)[C@@H](O)[C@@]1(C)O. The highest BCUT2D eigenvalue weighted by atomic mass is 32.7. The van der Waals surface area contributed by atoms with Crippen LogP contribution in [0.5, 0.6) is 17.6 Å². The van der Waals surface area contributed by atoms with Gasteiger partial charge in [-0.1, -0.05) is 125 Å². The predicted octanol–water partition coefficient (Wildman–Crippen LogP) is 5.85. The number of carbonyl (C=O) groups is 3. The second kappa shape index (κ2) is 37.0. The van der Waals surface area contributed by atoms with E-state index >= 15 is 0 Å². The minimum atomic E-state index is -3.58. The average molecular weight is 1780 g/mol. The molecule has 0 bridgehead atoms. The lowest BCUT2D eigenvalue weighted by Crippen LogP contribution is -2.44. The molecule has 120 heavy (non-hydrogen) atoms. The third kappa shape index (κ3) is 19.4. The number of anilines is 3. The summed E-state index contributed by atoms with van der Waals surface area (Å²) in [4.78, 5) is 75.7. The molecule has 0 saturated carbocycles. The van der Waals surface area contributed by atoms with Crippen LogP contribution >= 0.6 is 54.3 Å². The molecule has 6 aromatic heterocycles. The zero-order valence-corrected chi connectivity index (χ0v) is 71.2. The standard InChI is InChI=1S/3C24H31N6O8PS/c3*1-13(14-7-5-4-6-8-14)37-21(32)15-9-10-40-39(34,29-15)36-11-16-18(31)24(2,33)22(38-16)30-12-26-17-19(30)27-23(25)28-20(17)35-3/h3*4-8,12-13,15-16,18,22,31,33H,9-11H2,1-3H3,(H,29,34)(H2,25,27,28)/t13-,15+,16?,18+,22+,24+,39?;13-,15+,16?,18+,22+,24+,39-;13-,15-,16?,18-,22-,24-,39-/m001/s1. The molecule has 15 rings (SSSR count). The summed E-state index contributed by atoms with van der Waals surface area (Å²) < 4.78 is 112. The van der Waals surface area contributed by atoms with E-state index in [0.29, 0.717) is 36.5 Å². The van der Waals surface area contributed by atoms with Crippen LogP contribution in [0.3, 0.4) is 0 Å². The van der Waals surface area contributed by atoms with Crippen molar-refractivity contribution in [3.63, 3.8) is 0 Å². The molecule has 12 heterocycles. The maximum absolute atomic E-state index is 13.5. The lowest BCUT2D eigenvalue weighted by Gasteiger charge is -2.30. The van der Waals surface area contributed by atoms with Crippen molar-refractivity contribution in [3.05, 3.63) is 127 Å². The molecule has 6 saturated heterocycles. The Morgan fingerprint density at radius 1 is 0.458 bits per heavy atom. The number of aromatic nitrogens is 12. The zero-order chi connectivity index (χ0) is 86.0. The van der Waals surface area contributed by atoms with Gasteiger partial charge >= 0.3 is 38.1 Å². The summed E-state index contributed by atoms with van der Waals surface area (Å²) in [5.41, 5.74) is 16.0. The number of nitrogens with one attached hydrogen (secondary N) is 3. The monoisotopic (exact) mass is 1780 g/mol. The van der Waals surface area contributed by atoms with Gasteiger partial charge in [-0.25, -0.2) is 30.2 Å². The molecule has 4 unspecified atom stereocenters. The molecule has 648 valence electrons. The molecular formula is C72H93N18O24P3S3. The Hall–Kier alpha value is -8.34. The van der Waals surface area contributed by atoms with Crippen molar-refractivity contribution >= 4 is 124 Å². The molecule has 48 heteroatoms. The fraction of sp³-hybridized carbons (Fsp3) is 0.500. The number of aliphatic hydroxyl groups excluding tert-OH is 3. The van der Waals surface area contributed by atoms with E-state index in [-0.39, 0.29) is 88.8 Å². The summed E-state index contributed by atoms with van der Waals surface area (Å²) >= 11 is 3.14. The third-order valence-electron chi connectivity index (χ3n) is 20.5. The van der Waals surface area contributed by atoms with Crippen molar-refractivity contribution in [2.24, 2.45) is 0 Å². The highest BCUT2D eigenvalue weighted by molar-refractivity contribution is 8.56. The van der Waals surface area contributed by atoms with Gasteiger partial charge in [0.25, 0.3) is 0 Å². The molecule has 0 aliphatic carbocycles. The van der Waals surface area contributed by atoms with Crippen LogP contribution in [-0.2, 0) is 70.1 Å². The number of nitrogens with two attached hydrogens (primary N) is 3. The smallest absolute Gasteiger partial charge is 0.327 e. The number of carbonyl (C=O) groups excluding carboxylic acids is 3. The zero-order valence-electron chi connectivity index (χ0n) is 66.1. The lowest BCUT2D eigenvalue weighted by atomic mass is 9.96. The number of nitrogens with zero attached hydrogens (tertiary/aromatic N) is 12. The summed E-state index contributed by atoms with van der Waals surface area (Å²) in [7, 11) is 4.23. The highest BCUT2D eigenvalue weighted by Crippen LogP contribution is 2.62. The minimum Gasteiger partial charge on any atom is -0.479 e.